The zero-order chi connectivity index (χ0) is 29.1. The van der Waals surface area contributed by atoms with E-state index in [1.54, 1.807) is 49.7 Å². The van der Waals surface area contributed by atoms with Crippen molar-refractivity contribution in [1.82, 2.24) is 24.1 Å². The van der Waals surface area contributed by atoms with Gasteiger partial charge in [-0.3, -0.25) is 9.36 Å². The molecule has 1 N–H and O–H groups in total. The van der Waals surface area contributed by atoms with Crippen LogP contribution >= 0.6 is 11.8 Å². The molecule has 0 spiro atoms. The fourth-order valence-corrected chi connectivity index (χ4v) is 7.55. The maximum absolute atomic E-state index is 13.7. The molecule has 6 rings (SSSR count). The Morgan fingerprint density at radius 1 is 0.976 bits per heavy atom. The minimum absolute atomic E-state index is 0.0424. The molecule has 3 aromatic carbocycles. The summed E-state index contributed by atoms with van der Waals surface area (Å²) in [5, 5.41) is 13.4. The van der Waals surface area contributed by atoms with E-state index in [4.69, 9.17) is 4.74 Å². The van der Waals surface area contributed by atoms with Gasteiger partial charge in [0.05, 0.1) is 29.0 Å². The van der Waals surface area contributed by atoms with Gasteiger partial charge >= 0.3 is 0 Å². The van der Waals surface area contributed by atoms with E-state index in [0.717, 1.165) is 31.4 Å². The Morgan fingerprint density at radius 3 is 2.52 bits per heavy atom. The van der Waals surface area contributed by atoms with Gasteiger partial charge < -0.3 is 10.1 Å². The predicted octanol–water partition coefficient (Wildman–Crippen LogP) is 5.68. The first kappa shape index (κ1) is 28.0. The molecule has 1 saturated carbocycles. The summed E-state index contributed by atoms with van der Waals surface area (Å²) in [5.41, 5.74) is 1.85. The Hall–Kier alpha value is -4.09. The standard InChI is InChI=1S/C31H31N5O4S2/c1-40-24-14-10-13-23(19-24)36-30(33-34-31(36)41-21-29(37)32-22-11-4-2-5-12-22)27-20-35(28-18-9-8-17-26(27)28)42(38,39)25-15-6-3-7-16-25/h3,6-10,13-20,22H,2,4-5,11-12,21H2,1H3,(H,32,37). The average molecular weight is 602 g/mol. The summed E-state index contributed by atoms with van der Waals surface area (Å²) in [7, 11) is -2.29. The number of nitrogens with one attached hydrogen (secondary N) is 1. The van der Waals surface area contributed by atoms with Gasteiger partial charge in [0.2, 0.25) is 5.91 Å². The number of rotatable bonds is 9. The number of ether oxygens (including phenoxy) is 1. The van der Waals surface area contributed by atoms with E-state index >= 15 is 0 Å². The molecule has 0 radical (unpaired) electrons. The lowest BCUT2D eigenvalue weighted by atomic mass is 9.95. The lowest BCUT2D eigenvalue weighted by molar-refractivity contribution is -0.119. The lowest BCUT2D eigenvalue weighted by Crippen LogP contribution is -2.37. The molecule has 0 atom stereocenters. The monoisotopic (exact) mass is 601 g/mol. The third kappa shape index (κ3) is 5.54. The molecule has 1 aliphatic carbocycles. The van der Waals surface area contributed by atoms with Crippen molar-refractivity contribution in [2.24, 2.45) is 0 Å². The second-order valence-electron chi connectivity index (χ2n) is 10.2. The molecule has 1 amide bonds. The summed E-state index contributed by atoms with van der Waals surface area (Å²) in [5.74, 6) is 1.24. The SMILES string of the molecule is COc1cccc(-n2c(SCC(=O)NC3CCCCC3)nnc2-c2cn(S(=O)(=O)c3ccccc3)c3ccccc23)c1. The van der Waals surface area contributed by atoms with Crippen LogP contribution in [-0.4, -0.2) is 52.0 Å². The quantitative estimate of drug-likeness (QED) is 0.217. The van der Waals surface area contributed by atoms with E-state index in [9.17, 15) is 13.2 Å². The fourth-order valence-electron chi connectivity index (χ4n) is 5.40. The van der Waals surface area contributed by atoms with Crippen LogP contribution in [0.15, 0.2) is 95.1 Å². The molecule has 1 fully saturated rings. The number of carbonyl (C=O) groups is 1. The van der Waals surface area contributed by atoms with Crippen molar-refractivity contribution >= 4 is 38.6 Å². The van der Waals surface area contributed by atoms with Gasteiger partial charge in [-0.05, 0) is 43.2 Å². The molecule has 0 saturated heterocycles. The largest absolute Gasteiger partial charge is 0.497 e. The third-order valence-electron chi connectivity index (χ3n) is 7.47. The third-order valence-corrected chi connectivity index (χ3v) is 10.1. The van der Waals surface area contributed by atoms with Crippen LogP contribution in [0, 0.1) is 0 Å². The normalized spacial score (nSPS) is 14.2. The number of amides is 1. The first-order valence-electron chi connectivity index (χ1n) is 13.9. The van der Waals surface area contributed by atoms with Gasteiger partial charge in [-0.15, -0.1) is 10.2 Å². The number of hydrogen-bond acceptors (Lipinski definition) is 7. The minimum atomic E-state index is -3.89. The molecule has 216 valence electrons. The Kier molecular flexibility index (Phi) is 8.03. The Balaban J connectivity index is 1.43. The van der Waals surface area contributed by atoms with E-state index in [1.165, 1.54) is 22.2 Å². The van der Waals surface area contributed by atoms with E-state index in [1.807, 2.05) is 47.0 Å². The second-order valence-corrected chi connectivity index (χ2v) is 13.0. The highest BCUT2D eigenvalue weighted by atomic mass is 32.2. The zero-order valence-electron chi connectivity index (χ0n) is 23.1. The predicted molar refractivity (Wildman–Crippen MR) is 164 cm³/mol. The van der Waals surface area contributed by atoms with Crippen LogP contribution in [0.3, 0.4) is 0 Å². The van der Waals surface area contributed by atoms with E-state index in [-0.39, 0.29) is 22.6 Å². The van der Waals surface area contributed by atoms with Crippen LogP contribution in [0.2, 0.25) is 0 Å². The van der Waals surface area contributed by atoms with E-state index in [0.29, 0.717) is 33.2 Å². The Morgan fingerprint density at radius 2 is 1.74 bits per heavy atom. The molecule has 0 bridgehead atoms. The van der Waals surface area contributed by atoms with Gasteiger partial charge in [0.1, 0.15) is 5.75 Å². The molecular formula is C31H31N5O4S2. The highest BCUT2D eigenvalue weighted by molar-refractivity contribution is 7.99. The highest BCUT2D eigenvalue weighted by Crippen LogP contribution is 2.36. The number of hydrogen-bond donors (Lipinski definition) is 1. The molecule has 0 unspecified atom stereocenters. The van der Waals surface area contributed by atoms with Crippen LogP contribution in [0.25, 0.3) is 28.0 Å². The number of nitrogens with zero attached hydrogens (tertiary/aromatic N) is 4. The van der Waals surface area contributed by atoms with Gasteiger partial charge in [-0.2, -0.15) is 0 Å². The van der Waals surface area contributed by atoms with Crippen LogP contribution in [0.5, 0.6) is 5.75 Å². The second kappa shape index (κ2) is 12.0. The fraction of sp³-hybridized carbons (Fsp3) is 0.258. The van der Waals surface area contributed by atoms with Gasteiger partial charge in [-0.25, -0.2) is 12.4 Å². The number of aromatic nitrogens is 4. The Labute approximate surface area is 249 Å². The van der Waals surface area contributed by atoms with Crippen molar-refractivity contribution < 1.29 is 17.9 Å². The first-order valence-corrected chi connectivity index (χ1v) is 16.3. The van der Waals surface area contributed by atoms with Crippen molar-refractivity contribution in [3.05, 3.63) is 85.1 Å². The number of thioether (sulfide) groups is 1. The van der Waals surface area contributed by atoms with E-state index < -0.39 is 10.0 Å². The van der Waals surface area contributed by atoms with Crippen LogP contribution < -0.4 is 10.1 Å². The summed E-state index contributed by atoms with van der Waals surface area (Å²) in [6, 6.07) is 23.4. The smallest absolute Gasteiger partial charge is 0.268 e. The number of benzene rings is 3. The van der Waals surface area contributed by atoms with Crippen molar-refractivity contribution in [2.75, 3.05) is 12.9 Å². The number of para-hydroxylation sites is 1. The minimum Gasteiger partial charge on any atom is -0.497 e. The molecule has 0 aliphatic heterocycles. The molecule has 42 heavy (non-hydrogen) atoms. The summed E-state index contributed by atoms with van der Waals surface area (Å²) in [6.07, 6.45) is 7.11. The van der Waals surface area contributed by atoms with Gasteiger partial charge in [-0.1, -0.05) is 73.5 Å². The summed E-state index contributed by atoms with van der Waals surface area (Å²) >= 11 is 1.29. The van der Waals surface area contributed by atoms with Crippen molar-refractivity contribution in [3.63, 3.8) is 0 Å². The average Bonchev–Trinajstić information content (AvgIpc) is 3.63. The van der Waals surface area contributed by atoms with Crippen LogP contribution in [0.1, 0.15) is 32.1 Å². The maximum atomic E-state index is 13.7. The van der Waals surface area contributed by atoms with Gasteiger partial charge in [0, 0.05) is 29.3 Å². The van der Waals surface area contributed by atoms with E-state index in [2.05, 4.69) is 15.5 Å². The molecule has 9 nitrogen and oxygen atoms in total. The molecule has 11 heteroatoms. The topological polar surface area (TPSA) is 108 Å². The van der Waals surface area contributed by atoms with Crippen molar-refractivity contribution in [3.8, 4) is 22.8 Å². The summed E-state index contributed by atoms with van der Waals surface area (Å²) in [4.78, 5) is 13.0. The number of methoxy groups -OCH3 is 1. The zero-order valence-corrected chi connectivity index (χ0v) is 24.8. The highest BCUT2D eigenvalue weighted by Gasteiger charge is 2.26. The molecular weight excluding hydrogens is 571 g/mol. The lowest BCUT2D eigenvalue weighted by Gasteiger charge is -2.22. The first-order chi connectivity index (χ1) is 20.5. The number of carbonyl (C=O) groups excluding carboxylic acids is 1. The maximum Gasteiger partial charge on any atom is 0.268 e. The Bertz CT molecular complexity index is 1830. The molecule has 1 aliphatic rings. The van der Waals surface area contributed by atoms with Gasteiger partial charge in [0.25, 0.3) is 10.0 Å². The van der Waals surface area contributed by atoms with Crippen LogP contribution in [0.4, 0.5) is 0 Å². The number of fused-ring (bicyclic) bond motifs is 1. The van der Waals surface area contributed by atoms with Gasteiger partial charge in [0.15, 0.2) is 11.0 Å². The van der Waals surface area contributed by atoms with Crippen molar-refractivity contribution in [1.29, 1.82) is 0 Å². The molecule has 5 aromatic rings. The summed E-state index contributed by atoms with van der Waals surface area (Å²) < 4.78 is 36.1. The molecule has 2 heterocycles. The van der Waals surface area contributed by atoms with Crippen molar-refractivity contribution in [2.45, 2.75) is 48.2 Å². The summed E-state index contributed by atoms with van der Waals surface area (Å²) in [6.45, 7) is 0. The van der Waals surface area contributed by atoms with Crippen LogP contribution in [-0.2, 0) is 14.8 Å². The molecule has 2 aromatic heterocycles.